The molecule has 0 saturated carbocycles. The largest absolute Gasteiger partial charge is 0.508 e. The number of carbonyl (C=O) groups excluding carboxylic acids is 3. The molecule has 53 heavy (non-hydrogen) atoms. The minimum absolute atomic E-state index is 0.0415. The number of hydrazine groups is 1. The van der Waals surface area contributed by atoms with Crippen LogP contribution >= 0.6 is 0 Å². The number of likely N-dealkylation sites (N-methyl/N-ethyl adjacent to an activating group) is 2. The minimum Gasteiger partial charge on any atom is -0.508 e. The molecule has 0 radical (unpaired) electrons. The van der Waals surface area contributed by atoms with Crippen LogP contribution in [0.5, 0.6) is 5.75 Å². The molecule has 2 N–H and O–H groups in total. The number of benzene rings is 2. The van der Waals surface area contributed by atoms with Gasteiger partial charge >= 0.3 is 6.03 Å². The molecule has 1 aromatic heterocycles. The van der Waals surface area contributed by atoms with Crippen LogP contribution in [0.1, 0.15) is 16.8 Å². The first-order chi connectivity index (χ1) is 25.4. The molecule has 4 heterocycles. The number of rotatable bonds is 13. The highest BCUT2D eigenvalue weighted by Gasteiger charge is 2.51. The Bertz CT molecular complexity index is 1810. The predicted octanol–water partition coefficient (Wildman–Crippen LogP) is 2.48. The number of phenols is 1. The number of phenolic OH excluding ortho intramolecular Hbond substituents is 1. The fourth-order valence-corrected chi connectivity index (χ4v) is 7.03. The van der Waals surface area contributed by atoms with E-state index in [9.17, 15) is 19.5 Å². The van der Waals surface area contributed by atoms with E-state index < -0.39 is 41.7 Å². The number of halogens is 2. The van der Waals surface area contributed by atoms with Crippen LogP contribution in [-0.4, -0.2) is 143 Å². The Morgan fingerprint density at radius 3 is 2.47 bits per heavy atom. The van der Waals surface area contributed by atoms with E-state index in [0.717, 1.165) is 24.7 Å². The summed E-state index contributed by atoms with van der Waals surface area (Å²) in [5, 5.41) is 15.8. The number of nitrogens with one attached hydrogen (secondary N) is 1. The molecular formula is C38H47F2N9O4. The lowest BCUT2D eigenvalue weighted by Gasteiger charge is -2.55. The van der Waals surface area contributed by atoms with Crippen LogP contribution in [0.15, 0.2) is 73.3 Å². The van der Waals surface area contributed by atoms with Crippen LogP contribution in [0.4, 0.5) is 19.4 Å². The lowest BCUT2D eigenvalue weighted by atomic mass is 9.98. The highest BCUT2D eigenvalue weighted by atomic mass is 19.1. The van der Waals surface area contributed by atoms with Gasteiger partial charge in [-0.2, -0.15) is 0 Å². The first kappa shape index (κ1) is 37.6. The average molecular weight is 732 g/mol. The number of anilines is 1. The summed E-state index contributed by atoms with van der Waals surface area (Å²) < 4.78 is 30.3. The Hall–Kier alpha value is -5.12. The molecule has 282 valence electrons. The first-order valence-corrected chi connectivity index (χ1v) is 17.7. The quantitative estimate of drug-likeness (QED) is 0.256. The van der Waals surface area contributed by atoms with Crippen LogP contribution in [0, 0.1) is 11.6 Å². The van der Waals surface area contributed by atoms with Gasteiger partial charge in [0.05, 0.1) is 25.3 Å². The highest BCUT2D eigenvalue weighted by molar-refractivity contribution is 5.91. The van der Waals surface area contributed by atoms with Crippen LogP contribution in [0.3, 0.4) is 0 Å². The number of piperazine rings is 1. The molecule has 15 heteroatoms. The van der Waals surface area contributed by atoms with Gasteiger partial charge in [-0.05, 0) is 50.5 Å². The molecule has 4 amide bonds. The molecule has 13 nitrogen and oxygen atoms in total. The van der Waals surface area contributed by atoms with E-state index in [1.807, 2.05) is 49.3 Å². The summed E-state index contributed by atoms with van der Waals surface area (Å²) in [6.07, 6.45) is 0.409. The summed E-state index contributed by atoms with van der Waals surface area (Å²) in [5.41, 5.74) is 1.41. The fourth-order valence-electron chi connectivity index (χ4n) is 7.03. The zero-order valence-corrected chi connectivity index (χ0v) is 30.4. The number of urea groups is 1. The maximum absolute atomic E-state index is 15.2. The SMILES string of the molecule is C=CCN1CC(=O)N2C(CN(Cc3ccc(F)c(N4CC(N(C)CCN(C)C)C4)n3)C(=O)[C@@H]2Cc2ccc(O)cc2F)N1C(=O)NCc1ccccc1. The van der Waals surface area contributed by atoms with E-state index in [0.29, 0.717) is 18.8 Å². The van der Waals surface area contributed by atoms with Crippen molar-refractivity contribution in [2.24, 2.45) is 0 Å². The first-order valence-electron chi connectivity index (χ1n) is 17.7. The summed E-state index contributed by atoms with van der Waals surface area (Å²) >= 11 is 0. The van der Waals surface area contributed by atoms with Gasteiger partial charge in [0.1, 0.15) is 23.8 Å². The summed E-state index contributed by atoms with van der Waals surface area (Å²) in [4.78, 5) is 56.0. The number of fused-ring (bicyclic) bond motifs is 1. The van der Waals surface area contributed by atoms with Gasteiger partial charge in [0.15, 0.2) is 11.6 Å². The highest BCUT2D eigenvalue weighted by Crippen LogP contribution is 2.31. The van der Waals surface area contributed by atoms with Crippen LogP contribution in [0.25, 0.3) is 0 Å². The minimum atomic E-state index is -1.19. The maximum Gasteiger partial charge on any atom is 0.334 e. The normalized spacial score (nSPS) is 19.5. The van der Waals surface area contributed by atoms with Gasteiger partial charge in [-0.15, -0.1) is 6.58 Å². The third kappa shape index (κ3) is 8.42. The molecule has 2 atom stereocenters. The molecule has 3 saturated heterocycles. The zero-order valence-electron chi connectivity index (χ0n) is 30.4. The number of aromatic nitrogens is 1. The van der Waals surface area contributed by atoms with E-state index >= 15 is 8.78 Å². The van der Waals surface area contributed by atoms with Gasteiger partial charge in [-0.1, -0.05) is 42.5 Å². The van der Waals surface area contributed by atoms with Crippen molar-refractivity contribution in [2.75, 3.05) is 71.9 Å². The average Bonchev–Trinajstić information content (AvgIpc) is 3.10. The van der Waals surface area contributed by atoms with Crippen molar-refractivity contribution in [3.63, 3.8) is 0 Å². The fraction of sp³-hybridized carbons (Fsp3) is 0.421. The monoisotopic (exact) mass is 731 g/mol. The zero-order chi connectivity index (χ0) is 37.8. The second-order valence-corrected chi connectivity index (χ2v) is 14.1. The van der Waals surface area contributed by atoms with Crippen LogP contribution in [-0.2, 0) is 29.1 Å². The molecule has 0 bridgehead atoms. The number of carbonyl (C=O) groups is 3. The van der Waals surface area contributed by atoms with Gasteiger partial charge in [0, 0.05) is 57.8 Å². The summed E-state index contributed by atoms with van der Waals surface area (Å²) in [5.74, 6) is -2.16. The molecule has 0 spiro atoms. The Balaban J connectivity index is 1.28. The van der Waals surface area contributed by atoms with Gasteiger partial charge in [0.25, 0.3) is 0 Å². The van der Waals surface area contributed by atoms with Crippen molar-refractivity contribution >= 4 is 23.7 Å². The Morgan fingerprint density at radius 2 is 1.77 bits per heavy atom. The lowest BCUT2D eigenvalue weighted by Crippen LogP contribution is -2.76. The number of aromatic hydroxyl groups is 1. The lowest BCUT2D eigenvalue weighted by molar-refractivity contribution is -0.189. The number of hydrogen-bond acceptors (Lipinski definition) is 9. The molecule has 6 rings (SSSR count). The number of amides is 4. The molecule has 3 fully saturated rings. The third-order valence-electron chi connectivity index (χ3n) is 10.0. The van der Waals surface area contributed by atoms with Crippen molar-refractivity contribution in [3.05, 3.63) is 102 Å². The van der Waals surface area contributed by atoms with Crippen LogP contribution in [0.2, 0.25) is 0 Å². The Morgan fingerprint density at radius 1 is 1.02 bits per heavy atom. The van der Waals surface area contributed by atoms with Gasteiger partial charge in [-0.25, -0.2) is 28.6 Å². The standard InChI is InChI=1S/C38H47F2N9O4/c1-5-15-47-25-35(51)48-33(18-27-11-13-30(50)19-32(27)40)37(52)46(24-34(48)49(47)38(53)41-20-26-9-7-6-8-10-26)21-28-12-14-31(39)36(42-28)45-22-29(23-45)44(4)17-16-43(2)3/h5-14,19,29,33-34,50H,1,15-18,20-25H2,2-4H3,(H,41,53)/t33-,34?/m0/s1. The number of nitrogens with zero attached hydrogens (tertiary/aromatic N) is 8. The maximum atomic E-state index is 15.2. The van der Waals surface area contributed by atoms with Crippen molar-refractivity contribution in [1.82, 2.24) is 39.9 Å². The van der Waals surface area contributed by atoms with Crippen molar-refractivity contribution < 1.29 is 28.3 Å². The van der Waals surface area contributed by atoms with Crippen molar-refractivity contribution in [1.29, 1.82) is 0 Å². The van der Waals surface area contributed by atoms with E-state index in [4.69, 9.17) is 0 Å². The van der Waals surface area contributed by atoms with E-state index in [1.165, 1.54) is 39.1 Å². The van der Waals surface area contributed by atoms with Gasteiger partial charge < -0.3 is 30.0 Å². The topological polar surface area (TPSA) is 119 Å². The van der Waals surface area contributed by atoms with E-state index in [1.54, 1.807) is 11.1 Å². The number of pyridine rings is 1. The van der Waals surface area contributed by atoms with Gasteiger partial charge in [-0.3, -0.25) is 14.5 Å². The summed E-state index contributed by atoms with van der Waals surface area (Å²) in [6, 6.07) is 14.4. The summed E-state index contributed by atoms with van der Waals surface area (Å²) in [6.45, 7) is 6.85. The molecule has 0 aliphatic carbocycles. The van der Waals surface area contributed by atoms with E-state index in [2.05, 4.69) is 33.7 Å². The predicted molar refractivity (Wildman–Crippen MR) is 195 cm³/mol. The molecule has 1 unspecified atom stereocenters. The molecule has 3 aliphatic heterocycles. The summed E-state index contributed by atoms with van der Waals surface area (Å²) in [7, 11) is 6.09. The molecular weight excluding hydrogens is 684 g/mol. The van der Waals surface area contributed by atoms with E-state index in [-0.39, 0.29) is 62.3 Å². The third-order valence-corrected chi connectivity index (χ3v) is 10.0. The van der Waals surface area contributed by atoms with Crippen molar-refractivity contribution in [3.8, 4) is 5.75 Å². The second-order valence-electron chi connectivity index (χ2n) is 14.1. The van der Waals surface area contributed by atoms with Crippen molar-refractivity contribution in [2.45, 2.75) is 37.8 Å². The number of hydrogen-bond donors (Lipinski definition) is 2. The Labute approximate surface area is 308 Å². The smallest absolute Gasteiger partial charge is 0.334 e. The van der Waals surface area contributed by atoms with Gasteiger partial charge in [0.2, 0.25) is 11.8 Å². The molecule has 3 aliphatic rings. The second kappa shape index (κ2) is 16.3. The molecule has 2 aromatic carbocycles. The molecule has 3 aromatic rings. The van der Waals surface area contributed by atoms with Crippen LogP contribution < -0.4 is 10.2 Å². The Kier molecular flexibility index (Phi) is 11.6.